The van der Waals surface area contributed by atoms with Gasteiger partial charge in [0.05, 0.1) is 18.0 Å². The van der Waals surface area contributed by atoms with Crippen molar-refractivity contribution in [2.45, 2.75) is 58.0 Å². The number of hydrogen-bond donors (Lipinski definition) is 1. The quantitative estimate of drug-likeness (QED) is 0.895. The average Bonchev–Trinajstić information content (AvgIpc) is 2.61. The fourth-order valence-corrected chi connectivity index (χ4v) is 3.70. The van der Waals surface area contributed by atoms with Crippen molar-refractivity contribution in [1.82, 2.24) is 4.98 Å². The zero-order chi connectivity index (χ0) is 16.8. The van der Waals surface area contributed by atoms with E-state index in [0.29, 0.717) is 11.7 Å². The Morgan fingerprint density at radius 3 is 2.79 bits per heavy atom. The van der Waals surface area contributed by atoms with E-state index >= 15 is 0 Å². The molecular formula is C19H29N3O2. The minimum atomic E-state index is -0.119. The van der Waals surface area contributed by atoms with Crippen LogP contribution in [-0.4, -0.2) is 36.7 Å². The second kappa shape index (κ2) is 8.47. The van der Waals surface area contributed by atoms with E-state index in [1.165, 1.54) is 32.1 Å². The van der Waals surface area contributed by atoms with Gasteiger partial charge in [0.25, 0.3) is 5.91 Å². The third-order valence-electron chi connectivity index (χ3n) is 5.07. The van der Waals surface area contributed by atoms with Crippen molar-refractivity contribution in [1.29, 1.82) is 0 Å². The molecule has 2 aliphatic rings. The molecule has 2 heterocycles. The number of carbonyl (C=O) groups excluding carboxylic acids is 1. The van der Waals surface area contributed by atoms with E-state index in [1.807, 2.05) is 18.3 Å². The second-order valence-electron chi connectivity index (χ2n) is 7.20. The molecule has 1 saturated carbocycles. The molecule has 24 heavy (non-hydrogen) atoms. The van der Waals surface area contributed by atoms with Gasteiger partial charge in [-0.1, -0.05) is 19.8 Å². The maximum atomic E-state index is 12.0. The summed E-state index contributed by atoms with van der Waals surface area (Å²) < 4.78 is 5.76. The molecule has 5 nitrogen and oxygen atoms in total. The molecule has 0 unspecified atom stereocenters. The Morgan fingerprint density at radius 1 is 1.25 bits per heavy atom. The van der Waals surface area contributed by atoms with Crippen molar-refractivity contribution >= 4 is 17.4 Å². The first kappa shape index (κ1) is 17.2. The van der Waals surface area contributed by atoms with Gasteiger partial charge in [-0.05, 0) is 50.2 Å². The standard InChI is InChI=1S/C19H29N3O2/c1-15-6-5-7-17(12-15)24-14-19(23)21-18-9-8-16(13-20-18)22-10-3-2-4-11-22/h8-9,13,15,17H,2-7,10-12,14H2,1H3,(H,20,21,23)/t15-,17+/m1/s1. The Labute approximate surface area is 144 Å². The van der Waals surface area contributed by atoms with Crippen LogP contribution in [0.1, 0.15) is 51.9 Å². The van der Waals surface area contributed by atoms with Crippen LogP contribution in [0.25, 0.3) is 0 Å². The summed E-state index contributed by atoms with van der Waals surface area (Å²) in [7, 11) is 0. The van der Waals surface area contributed by atoms with Crippen molar-refractivity contribution in [2.75, 3.05) is 29.9 Å². The molecule has 0 spiro atoms. The van der Waals surface area contributed by atoms with E-state index in [1.54, 1.807) is 0 Å². The number of pyridine rings is 1. The Morgan fingerprint density at radius 2 is 2.08 bits per heavy atom. The second-order valence-corrected chi connectivity index (χ2v) is 7.20. The van der Waals surface area contributed by atoms with Crippen LogP contribution >= 0.6 is 0 Å². The molecular weight excluding hydrogens is 302 g/mol. The van der Waals surface area contributed by atoms with Gasteiger partial charge in [0.1, 0.15) is 12.4 Å². The van der Waals surface area contributed by atoms with Crippen molar-refractivity contribution in [3.05, 3.63) is 18.3 Å². The number of aromatic nitrogens is 1. The summed E-state index contributed by atoms with van der Waals surface area (Å²) in [4.78, 5) is 18.8. The van der Waals surface area contributed by atoms with Gasteiger partial charge in [-0.2, -0.15) is 0 Å². The largest absolute Gasteiger partial charge is 0.370 e. The summed E-state index contributed by atoms with van der Waals surface area (Å²) in [5.74, 6) is 1.18. The zero-order valence-electron chi connectivity index (χ0n) is 14.7. The molecule has 132 valence electrons. The van der Waals surface area contributed by atoms with Crippen LogP contribution in [-0.2, 0) is 9.53 Å². The van der Waals surface area contributed by atoms with Crippen LogP contribution in [0.15, 0.2) is 18.3 Å². The molecule has 2 atom stereocenters. The monoisotopic (exact) mass is 331 g/mol. The molecule has 1 aromatic heterocycles. The number of ether oxygens (including phenoxy) is 1. The predicted molar refractivity (Wildman–Crippen MR) is 96.3 cm³/mol. The number of nitrogens with zero attached hydrogens (tertiary/aromatic N) is 2. The van der Waals surface area contributed by atoms with Gasteiger partial charge in [0.2, 0.25) is 0 Å². The predicted octanol–water partition coefficient (Wildman–Crippen LogP) is 3.61. The first-order valence-electron chi connectivity index (χ1n) is 9.33. The number of piperidine rings is 1. The lowest BCUT2D eigenvalue weighted by Gasteiger charge is -2.28. The Hall–Kier alpha value is -1.62. The molecule has 5 heteroatoms. The van der Waals surface area contributed by atoms with Crippen molar-refractivity contribution in [2.24, 2.45) is 5.92 Å². The van der Waals surface area contributed by atoms with Crippen molar-refractivity contribution in [3.8, 4) is 0 Å². The molecule has 1 aromatic rings. The molecule has 1 aliphatic heterocycles. The highest BCUT2D eigenvalue weighted by molar-refractivity contribution is 5.90. The van der Waals surface area contributed by atoms with Crippen molar-refractivity contribution < 1.29 is 9.53 Å². The normalized spacial score (nSPS) is 24.6. The lowest BCUT2D eigenvalue weighted by atomic mass is 9.89. The maximum Gasteiger partial charge on any atom is 0.251 e. The molecule has 1 N–H and O–H groups in total. The van der Waals surface area contributed by atoms with E-state index in [2.05, 4.69) is 22.1 Å². The number of rotatable bonds is 5. The van der Waals surface area contributed by atoms with Gasteiger partial charge in [-0.3, -0.25) is 4.79 Å². The zero-order valence-corrected chi connectivity index (χ0v) is 14.7. The molecule has 0 radical (unpaired) electrons. The van der Waals surface area contributed by atoms with E-state index in [0.717, 1.165) is 31.6 Å². The van der Waals surface area contributed by atoms with Gasteiger partial charge in [0, 0.05) is 13.1 Å². The van der Waals surface area contributed by atoms with Gasteiger partial charge in [-0.15, -0.1) is 0 Å². The minimum absolute atomic E-state index is 0.118. The summed E-state index contributed by atoms with van der Waals surface area (Å²) >= 11 is 0. The van der Waals surface area contributed by atoms with E-state index < -0.39 is 0 Å². The topological polar surface area (TPSA) is 54.5 Å². The molecule has 2 fully saturated rings. The van der Waals surface area contributed by atoms with Gasteiger partial charge in [-0.25, -0.2) is 4.98 Å². The summed E-state index contributed by atoms with van der Waals surface area (Å²) in [6.07, 6.45) is 10.5. The third kappa shape index (κ3) is 4.94. The van der Waals surface area contributed by atoms with E-state index in [-0.39, 0.29) is 18.6 Å². The Bertz CT molecular complexity index is 526. The fourth-order valence-electron chi connectivity index (χ4n) is 3.70. The first-order chi connectivity index (χ1) is 11.7. The van der Waals surface area contributed by atoms with Gasteiger partial charge >= 0.3 is 0 Å². The molecule has 0 bridgehead atoms. The van der Waals surface area contributed by atoms with Crippen LogP contribution in [0.5, 0.6) is 0 Å². The highest BCUT2D eigenvalue weighted by atomic mass is 16.5. The average molecular weight is 331 g/mol. The number of anilines is 2. The third-order valence-corrected chi connectivity index (χ3v) is 5.07. The van der Waals surface area contributed by atoms with Crippen LogP contribution < -0.4 is 10.2 Å². The smallest absolute Gasteiger partial charge is 0.251 e. The summed E-state index contributed by atoms with van der Waals surface area (Å²) in [6.45, 7) is 4.57. The summed E-state index contributed by atoms with van der Waals surface area (Å²) in [6, 6.07) is 3.92. The lowest BCUT2D eigenvalue weighted by molar-refractivity contribution is -0.123. The highest BCUT2D eigenvalue weighted by Gasteiger charge is 2.20. The minimum Gasteiger partial charge on any atom is -0.370 e. The molecule has 1 saturated heterocycles. The number of hydrogen-bond acceptors (Lipinski definition) is 4. The number of amides is 1. The molecule has 0 aromatic carbocycles. The SMILES string of the molecule is C[C@@H]1CCC[C@H](OCC(=O)Nc2ccc(N3CCCCC3)cn2)C1. The van der Waals surface area contributed by atoms with Gasteiger partial charge in [0.15, 0.2) is 0 Å². The van der Waals surface area contributed by atoms with Crippen molar-refractivity contribution in [3.63, 3.8) is 0 Å². The summed E-state index contributed by atoms with van der Waals surface area (Å²) in [5.41, 5.74) is 1.14. The highest BCUT2D eigenvalue weighted by Crippen LogP contribution is 2.25. The fraction of sp³-hybridized carbons (Fsp3) is 0.684. The summed E-state index contributed by atoms with van der Waals surface area (Å²) in [5, 5.41) is 2.83. The maximum absolute atomic E-state index is 12.0. The molecule has 3 rings (SSSR count). The molecule has 1 aliphatic carbocycles. The van der Waals surface area contributed by atoms with Crippen LogP contribution in [0, 0.1) is 5.92 Å². The lowest BCUT2D eigenvalue weighted by Crippen LogP contribution is -2.29. The Kier molecular flexibility index (Phi) is 6.07. The van der Waals surface area contributed by atoms with E-state index in [4.69, 9.17) is 4.74 Å². The first-order valence-corrected chi connectivity index (χ1v) is 9.33. The van der Waals surface area contributed by atoms with Crippen LogP contribution in [0.4, 0.5) is 11.5 Å². The Balaban J connectivity index is 1.44. The van der Waals surface area contributed by atoms with Gasteiger partial charge < -0.3 is 15.0 Å². The van der Waals surface area contributed by atoms with Crippen LogP contribution in [0.3, 0.4) is 0 Å². The van der Waals surface area contributed by atoms with Crippen LogP contribution in [0.2, 0.25) is 0 Å². The number of nitrogens with one attached hydrogen (secondary N) is 1. The number of carbonyl (C=O) groups is 1. The van der Waals surface area contributed by atoms with E-state index in [9.17, 15) is 4.79 Å². The molecule has 1 amide bonds.